The summed E-state index contributed by atoms with van der Waals surface area (Å²) in [6.07, 6.45) is 1.72. The van der Waals surface area contributed by atoms with Crippen molar-refractivity contribution < 1.29 is 4.39 Å². The molecule has 0 aliphatic carbocycles. The lowest BCUT2D eigenvalue weighted by molar-refractivity contribution is 0.558. The fourth-order valence-electron chi connectivity index (χ4n) is 1.65. The van der Waals surface area contributed by atoms with E-state index in [4.69, 9.17) is 11.6 Å². The van der Waals surface area contributed by atoms with Crippen LogP contribution in [0, 0.1) is 5.82 Å². The molecular formula is C12H12ClFN2S. The Morgan fingerprint density at radius 3 is 3.00 bits per heavy atom. The molecule has 0 saturated carbocycles. The summed E-state index contributed by atoms with van der Waals surface area (Å²) >= 11 is 7.30. The molecule has 0 saturated heterocycles. The van der Waals surface area contributed by atoms with E-state index < -0.39 is 0 Å². The molecule has 1 aromatic heterocycles. The summed E-state index contributed by atoms with van der Waals surface area (Å²) < 4.78 is 14.0. The number of halogens is 2. The number of hydrogen-bond acceptors (Lipinski definition) is 3. The Morgan fingerprint density at radius 1 is 1.53 bits per heavy atom. The van der Waals surface area contributed by atoms with Crippen LogP contribution in [0.2, 0.25) is 5.02 Å². The molecule has 90 valence electrons. The van der Waals surface area contributed by atoms with Crippen molar-refractivity contribution in [2.24, 2.45) is 0 Å². The fourth-order valence-corrected chi connectivity index (χ4v) is 2.57. The fraction of sp³-hybridized carbons (Fsp3) is 0.250. The SMILES string of the molecule is CCNC(c1nccs1)c1cccc(Cl)c1F. The second-order valence-corrected chi connectivity index (χ2v) is 4.84. The Kier molecular flexibility index (Phi) is 4.10. The first-order chi connectivity index (χ1) is 8.24. The zero-order chi connectivity index (χ0) is 12.3. The van der Waals surface area contributed by atoms with Crippen LogP contribution in [0.15, 0.2) is 29.8 Å². The van der Waals surface area contributed by atoms with Gasteiger partial charge in [-0.25, -0.2) is 9.37 Å². The highest BCUT2D eigenvalue weighted by Gasteiger charge is 2.20. The molecule has 1 N–H and O–H groups in total. The standard InChI is InChI=1S/C12H12ClFN2S/c1-2-15-11(12-16-6-7-17-12)8-4-3-5-9(13)10(8)14/h3-7,11,15H,2H2,1H3. The van der Waals surface area contributed by atoms with Gasteiger partial charge in [-0.05, 0) is 12.6 Å². The summed E-state index contributed by atoms with van der Waals surface area (Å²) in [5, 5.41) is 6.08. The predicted octanol–water partition coefficient (Wildman–Crippen LogP) is 3.63. The third-order valence-electron chi connectivity index (χ3n) is 2.40. The van der Waals surface area contributed by atoms with Crippen molar-refractivity contribution in [3.8, 4) is 0 Å². The topological polar surface area (TPSA) is 24.9 Å². The monoisotopic (exact) mass is 270 g/mol. The minimum Gasteiger partial charge on any atom is -0.304 e. The molecule has 1 heterocycles. The van der Waals surface area contributed by atoms with E-state index >= 15 is 0 Å². The first-order valence-corrected chi connectivity index (χ1v) is 6.56. The average Bonchev–Trinajstić information content (AvgIpc) is 2.84. The zero-order valence-electron chi connectivity index (χ0n) is 9.28. The number of thiazole rings is 1. The van der Waals surface area contributed by atoms with Gasteiger partial charge in [-0.15, -0.1) is 11.3 Å². The Balaban J connectivity index is 2.43. The zero-order valence-corrected chi connectivity index (χ0v) is 10.9. The largest absolute Gasteiger partial charge is 0.304 e. The van der Waals surface area contributed by atoms with Crippen LogP contribution in [0.1, 0.15) is 23.5 Å². The van der Waals surface area contributed by atoms with Gasteiger partial charge in [0.15, 0.2) is 0 Å². The second kappa shape index (κ2) is 5.58. The normalized spacial score (nSPS) is 12.6. The first-order valence-electron chi connectivity index (χ1n) is 5.30. The van der Waals surface area contributed by atoms with E-state index in [1.165, 1.54) is 11.3 Å². The van der Waals surface area contributed by atoms with Gasteiger partial charge in [0, 0.05) is 17.1 Å². The van der Waals surface area contributed by atoms with Gasteiger partial charge in [0.1, 0.15) is 10.8 Å². The summed E-state index contributed by atoms with van der Waals surface area (Å²) in [7, 11) is 0. The lowest BCUT2D eigenvalue weighted by atomic mass is 10.1. The highest BCUT2D eigenvalue weighted by molar-refractivity contribution is 7.09. The molecule has 5 heteroatoms. The molecule has 0 fully saturated rings. The van der Waals surface area contributed by atoms with Crippen molar-refractivity contribution in [3.63, 3.8) is 0 Å². The van der Waals surface area contributed by atoms with Gasteiger partial charge in [-0.2, -0.15) is 0 Å². The molecule has 0 spiro atoms. The van der Waals surface area contributed by atoms with E-state index in [0.29, 0.717) is 5.56 Å². The van der Waals surface area contributed by atoms with Crippen molar-refractivity contribution in [3.05, 3.63) is 51.2 Å². The summed E-state index contributed by atoms with van der Waals surface area (Å²) in [4.78, 5) is 4.23. The number of nitrogens with one attached hydrogen (secondary N) is 1. The highest BCUT2D eigenvalue weighted by Crippen LogP contribution is 2.28. The summed E-state index contributed by atoms with van der Waals surface area (Å²) in [6, 6.07) is 4.79. The van der Waals surface area contributed by atoms with Gasteiger partial charge in [-0.1, -0.05) is 30.7 Å². The smallest absolute Gasteiger partial charge is 0.146 e. The maximum Gasteiger partial charge on any atom is 0.146 e. The molecule has 1 unspecified atom stereocenters. The molecule has 1 atom stereocenters. The van der Waals surface area contributed by atoms with Gasteiger partial charge in [0.25, 0.3) is 0 Å². The van der Waals surface area contributed by atoms with Gasteiger partial charge in [0.2, 0.25) is 0 Å². The van der Waals surface area contributed by atoms with Gasteiger partial charge >= 0.3 is 0 Å². The van der Waals surface area contributed by atoms with Gasteiger partial charge in [0.05, 0.1) is 11.1 Å². The van der Waals surface area contributed by atoms with E-state index in [2.05, 4.69) is 10.3 Å². The van der Waals surface area contributed by atoms with Crippen molar-refractivity contribution >= 4 is 22.9 Å². The van der Waals surface area contributed by atoms with E-state index in [-0.39, 0.29) is 16.9 Å². The lowest BCUT2D eigenvalue weighted by Gasteiger charge is -2.16. The van der Waals surface area contributed by atoms with Crippen LogP contribution in [-0.2, 0) is 0 Å². The van der Waals surface area contributed by atoms with E-state index in [1.54, 1.807) is 24.4 Å². The Morgan fingerprint density at radius 2 is 2.35 bits per heavy atom. The predicted molar refractivity (Wildman–Crippen MR) is 69.0 cm³/mol. The Bertz CT molecular complexity index is 487. The highest BCUT2D eigenvalue weighted by atomic mass is 35.5. The van der Waals surface area contributed by atoms with Crippen LogP contribution in [0.3, 0.4) is 0 Å². The number of benzene rings is 1. The molecule has 1 aromatic carbocycles. The van der Waals surface area contributed by atoms with Crippen molar-refractivity contribution in [1.29, 1.82) is 0 Å². The third kappa shape index (κ3) is 2.65. The molecule has 0 aliphatic heterocycles. The van der Waals surface area contributed by atoms with Crippen LogP contribution < -0.4 is 5.32 Å². The lowest BCUT2D eigenvalue weighted by Crippen LogP contribution is -2.22. The maximum absolute atomic E-state index is 14.0. The molecule has 2 aromatic rings. The van der Waals surface area contributed by atoms with Gasteiger partial charge < -0.3 is 5.32 Å². The molecule has 0 aliphatic rings. The van der Waals surface area contributed by atoms with E-state index in [9.17, 15) is 4.39 Å². The number of aromatic nitrogens is 1. The van der Waals surface area contributed by atoms with Crippen LogP contribution in [0.4, 0.5) is 4.39 Å². The molecular weight excluding hydrogens is 259 g/mol. The Labute approximate surface area is 108 Å². The molecule has 0 amide bonds. The van der Waals surface area contributed by atoms with Crippen LogP contribution in [-0.4, -0.2) is 11.5 Å². The van der Waals surface area contributed by atoms with E-state index in [1.807, 2.05) is 12.3 Å². The summed E-state index contributed by atoms with van der Waals surface area (Å²) in [5.74, 6) is -0.379. The number of nitrogens with zero attached hydrogens (tertiary/aromatic N) is 1. The minimum atomic E-state index is -0.379. The van der Waals surface area contributed by atoms with Crippen molar-refractivity contribution in [1.82, 2.24) is 10.3 Å². The average molecular weight is 271 g/mol. The second-order valence-electron chi connectivity index (χ2n) is 3.50. The molecule has 2 nitrogen and oxygen atoms in total. The molecule has 0 bridgehead atoms. The number of rotatable bonds is 4. The molecule has 17 heavy (non-hydrogen) atoms. The van der Waals surface area contributed by atoms with Crippen LogP contribution in [0.25, 0.3) is 0 Å². The first kappa shape index (κ1) is 12.5. The molecule has 2 rings (SSSR count). The van der Waals surface area contributed by atoms with E-state index in [0.717, 1.165) is 11.6 Å². The van der Waals surface area contributed by atoms with Crippen LogP contribution in [0.5, 0.6) is 0 Å². The maximum atomic E-state index is 14.0. The Hall–Kier alpha value is -0.970. The quantitative estimate of drug-likeness (QED) is 0.918. The third-order valence-corrected chi connectivity index (χ3v) is 3.53. The van der Waals surface area contributed by atoms with Gasteiger partial charge in [-0.3, -0.25) is 0 Å². The summed E-state index contributed by atoms with van der Waals surface area (Å²) in [5.41, 5.74) is 0.536. The molecule has 0 radical (unpaired) electrons. The van der Waals surface area contributed by atoms with Crippen molar-refractivity contribution in [2.45, 2.75) is 13.0 Å². The minimum absolute atomic E-state index is 0.141. The van der Waals surface area contributed by atoms with Crippen LogP contribution >= 0.6 is 22.9 Å². The number of hydrogen-bond donors (Lipinski definition) is 1. The van der Waals surface area contributed by atoms with Crippen molar-refractivity contribution in [2.75, 3.05) is 6.54 Å². The summed E-state index contributed by atoms with van der Waals surface area (Å²) in [6.45, 7) is 2.71.